The molecule has 0 aromatic heterocycles. The largest absolute Gasteiger partial charge is 0.387 e. The maximum atomic E-state index is 13.6. The standard InChI is InChI=1S/C12H14F2OS2/c1-7-12(17-5-4-16-7)11(15)9-3-2-8(13)6-10(9)14/h2-3,6-7,11-12,15H,4-5H2,1H3. The second-order valence-corrected chi connectivity index (χ2v) is 6.79. The third-order valence-electron chi connectivity index (χ3n) is 2.83. The molecule has 1 aromatic rings. The van der Waals surface area contributed by atoms with Crippen molar-refractivity contribution >= 4 is 23.5 Å². The SMILES string of the molecule is CC1SCCSC1C(O)c1ccc(F)cc1F. The van der Waals surface area contributed by atoms with Crippen LogP contribution in [0.4, 0.5) is 8.78 Å². The fourth-order valence-electron chi connectivity index (χ4n) is 1.91. The van der Waals surface area contributed by atoms with Crippen molar-refractivity contribution in [3.8, 4) is 0 Å². The minimum Gasteiger partial charge on any atom is -0.387 e. The molecule has 0 radical (unpaired) electrons. The predicted octanol–water partition coefficient (Wildman–Crippen LogP) is 3.24. The zero-order chi connectivity index (χ0) is 12.4. The number of halogens is 2. The Hall–Kier alpha value is -0.260. The smallest absolute Gasteiger partial charge is 0.131 e. The molecular formula is C12H14F2OS2. The lowest BCUT2D eigenvalue weighted by Gasteiger charge is -2.31. The summed E-state index contributed by atoms with van der Waals surface area (Å²) in [6, 6.07) is 3.35. The number of rotatable bonds is 2. The summed E-state index contributed by atoms with van der Waals surface area (Å²) < 4.78 is 26.4. The van der Waals surface area contributed by atoms with Gasteiger partial charge in [-0.05, 0) is 6.07 Å². The van der Waals surface area contributed by atoms with E-state index >= 15 is 0 Å². The first-order valence-electron chi connectivity index (χ1n) is 5.46. The molecular weight excluding hydrogens is 262 g/mol. The lowest BCUT2D eigenvalue weighted by atomic mass is 10.0. The number of thioether (sulfide) groups is 2. The molecule has 1 nitrogen and oxygen atoms in total. The first kappa shape index (κ1) is 13.2. The van der Waals surface area contributed by atoms with Crippen molar-refractivity contribution in [3.05, 3.63) is 35.4 Å². The van der Waals surface area contributed by atoms with Gasteiger partial charge in [-0.3, -0.25) is 0 Å². The number of aliphatic hydroxyl groups excluding tert-OH is 1. The van der Waals surface area contributed by atoms with Gasteiger partial charge in [0, 0.05) is 33.6 Å². The van der Waals surface area contributed by atoms with Crippen LogP contribution in [-0.2, 0) is 0 Å². The van der Waals surface area contributed by atoms with E-state index in [1.807, 2.05) is 6.92 Å². The van der Waals surface area contributed by atoms with Crippen LogP contribution in [0, 0.1) is 11.6 Å². The van der Waals surface area contributed by atoms with Crippen LogP contribution in [0.3, 0.4) is 0 Å². The minimum absolute atomic E-state index is 0.0336. The molecule has 3 atom stereocenters. The number of aliphatic hydroxyl groups is 1. The summed E-state index contributed by atoms with van der Waals surface area (Å²) in [6.45, 7) is 2.03. The monoisotopic (exact) mass is 276 g/mol. The molecule has 2 rings (SSSR count). The van der Waals surface area contributed by atoms with Crippen LogP contribution >= 0.6 is 23.5 Å². The van der Waals surface area contributed by atoms with Crippen molar-refractivity contribution in [1.29, 1.82) is 0 Å². The van der Waals surface area contributed by atoms with Gasteiger partial charge in [-0.2, -0.15) is 23.5 Å². The molecule has 1 aliphatic heterocycles. The number of hydrogen-bond acceptors (Lipinski definition) is 3. The highest BCUT2D eigenvalue weighted by Gasteiger charge is 2.31. The van der Waals surface area contributed by atoms with Crippen LogP contribution < -0.4 is 0 Å². The molecule has 1 saturated heterocycles. The van der Waals surface area contributed by atoms with Crippen LogP contribution in [0.25, 0.3) is 0 Å². The van der Waals surface area contributed by atoms with E-state index in [0.717, 1.165) is 17.6 Å². The Balaban J connectivity index is 2.20. The molecule has 17 heavy (non-hydrogen) atoms. The summed E-state index contributed by atoms with van der Waals surface area (Å²) >= 11 is 3.44. The Kier molecular flexibility index (Phi) is 4.33. The molecule has 1 aliphatic rings. The average molecular weight is 276 g/mol. The summed E-state index contributed by atoms with van der Waals surface area (Å²) in [7, 11) is 0. The van der Waals surface area contributed by atoms with Crippen molar-refractivity contribution in [3.63, 3.8) is 0 Å². The van der Waals surface area contributed by atoms with Gasteiger partial charge in [0.25, 0.3) is 0 Å². The minimum atomic E-state index is -0.872. The van der Waals surface area contributed by atoms with Gasteiger partial charge in [0.05, 0.1) is 6.10 Å². The highest BCUT2D eigenvalue weighted by atomic mass is 32.2. The summed E-state index contributed by atoms with van der Waals surface area (Å²) in [5.74, 6) is 0.735. The van der Waals surface area contributed by atoms with Crippen LogP contribution in [0.2, 0.25) is 0 Å². The molecule has 0 saturated carbocycles. The lowest BCUT2D eigenvalue weighted by Crippen LogP contribution is -2.29. The number of hydrogen-bond donors (Lipinski definition) is 1. The summed E-state index contributed by atoms with van der Waals surface area (Å²) in [4.78, 5) is 0. The van der Waals surface area contributed by atoms with Crippen molar-refractivity contribution in [2.75, 3.05) is 11.5 Å². The van der Waals surface area contributed by atoms with Gasteiger partial charge in [-0.1, -0.05) is 13.0 Å². The van der Waals surface area contributed by atoms with E-state index in [4.69, 9.17) is 0 Å². The molecule has 0 aliphatic carbocycles. The highest BCUT2D eigenvalue weighted by Crippen LogP contribution is 2.39. The second kappa shape index (κ2) is 5.59. The first-order chi connectivity index (χ1) is 8.09. The van der Waals surface area contributed by atoms with E-state index in [0.29, 0.717) is 0 Å². The Morgan fingerprint density at radius 1 is 1.29 bits per heavy atom. The Morgan fingerprint density at radius 3 is 2.65 bits per heavy atom. The van der Waals surface area contributed by atoms with Gasteiger partial charge in [0.2, 0.25) is 0 Å². The van der Waals surface area contributed by atoms with Gasteiger partial charge in [-0.15, -0.1) is 0 Å². The van der Waals surface area contributed by atoms with Crippen LogP contribution in [0.1, 0.15) is 18.6 Å². The number of benzene rings is 1. The zero-order valence-corrected chi connectivity index (χ0v) is 11.0. The molecule has 1 aromatic carbocycles. The Bertz CT molecular complexity index is 400. The highest BCUT2D eigenvalue weighted by molar-refractivity contribution is 8.07. The fraction of sp³-hybridized carbons (Fsp3) is 0.500. The van der Waals surface area contributed by atoms with E-state index in [1.54, 1.807) is 23.5 Å². The quantitative estimate of drug-likeness (QED) is 0.895. The third-order valence-corrected chi connectivity index (χ3v) is 6.01. The van der Waals surface area contributed by atoms with Gasteiger partial charge in [0.15, 0.2) is 0 Å². The van der Waals surface area contributed by atoms with E-state index < -0.39 is 17.7 Å². The molecule has 1 heterocycles. The molecule has 0 spiro atoms. The summed E-state index contributed by atoms with van der Waals surface area (Å²) in [5, 5.41) is 10.4. The average Bonchev–Trinajstić information content (AvgIpc) is 2.29. The zero-order valence-electron chi connectivity index (χ0n) is 9.40. The third kappa shape index (κ3) is 2.95. The molecule has 1 fully saturated rings. The van der Waals surface area contributed by atoms with E-state index in [9.17, 15) is 13.9 Å². The normalized spacial score (nSPS) is 26.8. The van der Waals surface area contributed by atoms with Crippen LogP contribution in [0.15, 0.2) is 18.2 Å². The van der Waals surface area contributed by atoms with Crippen molar-refractivity contribution in [2.45, 2.75) is 23.5 Å². The van der Waals surface area contributed by atoms with Gasteiger partial charge >= 0.3 is 0 Å². The van der Waals surface area contributed by atoms with E-state index in [1.165, 1.54) is 12.1 Å². The van der Waals surface area contributed by atoms with Gasteiger partial charge < -0.3 is 5.11 Å². The molecule has 5 heteroatoms. The first-order valence-corrected chi connectivity index (χ1v) is 7.55. The second-order valence-electron chi connectivity index (χ2n) is 4.02. The van der Waals surface area contributed by atoms with Gasteiger partial charge in [-0.25, -0.2) is 8.78 Å². The van der Waals surface area contributed by atoms with Crippen LogP contribution in [0.5, 0.6) is 0 Å². The maximum Gasteiger partial charge on any atom is 0.131 e. The molecule has 94 valence electrons. The molecule has 3 unspecified atom stereocenters. The molecule has 0 amide bonds. The predicted molar refractivity (Wildman–Crippen MR) is 69.5 cm³/mol. The van der Waals surface area contributed by atoms with Crippen molar-refractivity contribution < 1.29 is 13.9 Å². The van der Waals surface area contributed by atoms with E-state index in [-0.39, 0.29) is 16.1 Å². The maximum absolute atomic E-state index is 13.6. The Morgan fingerprint density at radius 2 is 2.00 bits per heavy atom. The lowest BCUT2D eigenvalue weighted by molar-refractivity contribution is 0.169. The van der Waals surface area contributed by atoms with Crippen molar-refractivity contribution in [1.82, 2.24) is 0 Å². The fourth-order valence-corrected chi connectivity index (χ4v) is 4.74. The van der Waals surface area contributed by atoms with Crippen LogP contribution in [-0.4, -0.2) is 27.1 Å². The Labute approximate surface area is 108 Å². The van der Waals surface area contributed by atoms with Gasteiger partial charge in [0.1, 0.15) is 11.6 Å². The topological polar surface area (TPSA) is 20.2 Å². The molecule has 1 N–H and O–H groups in total. The summed E-state index contributed by atoms with van der Waals surface area (Å²) in [5.41, 5.74) is 0.193. The van der Waals surface area contributed by atoms with Crippen molar-refractivity contribution in [2.24, 2.45) is 0 Å². The molecule has 0 bridgehead atoms. The van der Waals surface area contributed by atoms with E-state index in [2.05, 4.69) is 0 Å². The summed E-state index contributed by atoms with van der Waals surface area (Å²) in [6.07, 6.45) is -0.872.